The predicted octanol–water partition coefficient (Wildman–Crippen LogP) is 6.86. The average Bonchev–Trinajstić information content (AvgIpc) is 3.52. The van der Waals surface area contributed by atoms with E-state index in [9.17, 15) is 9.59 Å². The number of carbonyl (C=O) groups excluding carboxylic acids is 2. The van der Waals surface area contributed by atoms with E-state index in [-0.39, 0.29) is 17.2 Å². The van der Waals surface area contributed by atoms with Crippen LogP contribution in [0.2, 0.25) is 0 Å². The molecular formula is C37H41N7O2. The summed E-state index contributed by atoms with van der Waals surface area (Å²) in [6, 6.07) is 22.9. The van der Waals surface area contributed by atoms with E-state index in [1.54, 1.807) is 6.20 Å². The lowest BCUT2D eigenvalue weighted by Gasteiger charge is -2.28. The fourth-order valence-corrected chi connectivity index (χ4v) is 5.74. The number of benzene rings is 3. The highest BCUT2D eigenvalue weighted by molar-refractivity contribution is 6.04. The molecule has 9 heteroatoms. The number of nitrogens with zero attached hydrogens (tertiary/aromatic N) is 5. The van der Waals surface area contributed by atoms with Crippen molar-refractivity contribution in [1.82, 2.24) is 24.2 Å². The van der Waals surface area contributed by atoms with Crippen LogP contribution in [0.3, 0.4) is 0 Å². The molecule has 5 aromatic rings. The van der Waals surface area contributed by atoms with E-state index in [1.165, 1.54) is 5.56 Å². The Labute approximate surface area is 270 Å². The normalized spacial score (nSPS) is 14.5. The Balaban J connectivity index is 1.18. The minimum atomic E-state index is -0.168. The molecule has 3 aromatic carbocycles. The van der Waals surface area contributed by atoms with Gasteiger partial charge in [0.25, 0.3) is 11.8 Å². The summed E-state index contributed by atoms with van der Waals surface area (Å²) >= 11 is 0. The fraction of sp³-hybridized carbons (Fsp3) is 0.297. The highest BCUT2D eigenvalue weighted by Crippen LogP contribution is 2.27. The monoisotopic (exact) mass is 615 g/mol. The van der Waals surface area contributed by atoms with Gasteiger partial charge in [0.05, 0.1) is 5.69 Å². The van der Waals surface area contributed by atoms with Gasteiger partial charge in [-0.2, -0.15) is 0 Å². The summed E-state index contributed by atoms with van der Waals surface area (Å²) in [6.07, 6.45) is 7.48. The number of hydrogen-bond acceptors (Lipinski definition) is 6. The summed E-state index contributed by atoms with van der Waals surface area (Å²) < 4.78 is 1.92. The van der Waals surface area contributed by atoms with Gasteiger partial charge in [-0.05, 0) is 92.5 Å². The molecule has 3 heterocycles. The summed E-state index contributed by atoms with van der Waals surface area (Å²) in [7, 11) is 2.14. The van der Waals surface area contributed by atoms with E-state index in [1.807, 2.05) is 94.5 Å². The van der Waals surface area contributed by atoms with Crippen LogP contribution in [0, 0.1) is 0 Å². The highest BCUT2D eigenvalue weighted by Gasteiger charge is 2.19. The molecule has 1 saturated heterocycles. The number of fused-ring (bicyclic) bond motifs is 1. The predicted molar refractivity (Wildman–Crippen MR) is 184 cm³/mol. The molecule has 0 spiro atoms. The Morgan fingerprint density at radius 3 is 2.22 bits per heavy atom. The Morgan fingerprint density at radius 1 is 0.826 bits per heavy atom. The van der Waals surface area contributed by atoms with Gasteiger partial charge in [0, 0.05) is 59.7 Å². The number of carbonyl (C=O) groups is 2. The van der Waals surface area contributed by atoms with Crippen LogP contribution in [0.15, 0.2) is 91.4 Å². The molecule has 2 amide bonds. The van der Waals surface area contributed by atoms with Gasteiger partial charge in [0.2, 0.25) is 0 Å². The zero-order valence-electron chi connectivity index (χ0n) is 27.0. The number of amides is 2. The van der Waals surface area contributed by atoms with Gasteiger partial charge >= 0.3 is 0 Å². The second-order valence-electron chi connectivity index (χ2n) is 13.0. The third-order valence-corrected chi connectivity index (χ3v) is 8.42. The first-order valence-corrected chi connectivity index (χ1v) is 15.8. The molecule has 0 aliphatic carbocycles. The van der Waals surface area contributed by atoms with E-state index in [2.05, 4.69) is 48.3 Å². The van der Waals surface area contributed by atoms with E-state index in [0.29, 0.717) is 34.0 Å². The third kappa shape index (κ3) is 7.10. The second kappa shape index (κ2) is 13.1. The van der Waals surface area contributed by atoms with Crippen molar-refractivity contribution in [1.29, 1.82) is 0 Å². The van der Waals surface area contributed by atoms with Crippen molar-refractivity contribution < 1.29 is 9.59 Å². The van der Waals surface area contributed by atoms with Crippen LogP contribution in [0.1, 0.15) is 59.9 Å². The van der Waals surface area contributed by atoms with Gasteiger partial charge in [-0.25, -0.2) is 9.97 Å². The Morgan fingerprint density at radius 2 is 1.52 bits per heavy atom. The number of aromatic nitrogens is 3. The van der Waals surface area contributed by atoms with Crippen LogP contribution in [0.25, 0.3) is 16.9 Å². The molecule has 2 aromatic heterocycles. The topological polar surface area (TPSA) is 94.9 Å². The Kier molecular flexibility index (Phi) is 8.85. The van der Waals surface area contributed by atoms with Gasteiger partial charge in [0.15, 0.2) is 11.5 Å². The van der Waals surface area contributed by atoms with Crippen molar-refractivity contribution in [2.45, 2.75) is 39.0 Å². The molecule has 0 atom stereocenters. The molecule has 9 nitrogen and oxygen atoms in total. The van der Waals surface area contributed by atoms with Crippen molar-refractivity contribution in [3.8, 4) is 11.3 Å². The van der Waals surface area contributed by atoms with Gasteiger partial charge in [0.1, 0.15) is 0 Å². The van der Waals surface area contributed by atoms with Gasteiger partial charge < -0.3 is 24.8 Å². The smallest absolute Gasteiger partial charge is 0.255 e. The zero-order chi connectivity index (χ0) is 32.3. The van der Waals surface area contributed by atoms with Crippen molar-refractivity contribution in [3.63, 3.8) is 0 Å². The van der Waals surface area contributed by atoms with E-state index >= 15 is 0 Å². The van der Waals surface area contributed by atoms with E-state index < -0.39 is 0 Å². The van der Waals surface area contributed by atoms with Crippen LogP contribution in [-0.4, -0.2) is 69.2 Å². The van der Waals surface area contributed by atoms with Crippen molar-refractivity contribution in [2.75, 3.05) is 43.9 Å². The molecule has 6 rings (SSSR count). The number of anilines is 3. The quantitative estimate of drug-likeness (QED) is 0.217. The number of rotatable bonds is 6. The molecule has 1 fully saturated rings. The maximum atomic E-state index is 13.2. The lowest BCUT2D eigenvalue weighted by Crippen LogP contribution is -2.38. The SMILES string of the molecule is CN1CCCN(C(=O)c2ccc(Nc3nc(-c4cccc(NC(=O)c5ccc(C(C)(C)C)cc5)c4)cn4ccnc34)cc2)CCC1. The van der Waals surface area contributed by atoms with Crippen LogP contribution in [0.5, 0.6) is 0 Å². The van der Waals surface area contributed by atoms with Gasteiger partial charge in [-0.1, -0.05) is 45.0 Å². The lowest BCUT2D eigenvalue weighted by molar-refractivity contribution is 0.0726. The summed E-state index contributed by atoms with van der Waals surface area (Å²) in [5.41, 5.74) is 6.20. The fourth-order valence-electron chi connectivity index (χ4n) is 5.74. The second-order valence-corrected chi connectivity index (χ2v) is 13.0. The first-order valence-electron chi connectivity index (χ1n) is 15.8. The maximum Gasteiger partial charge on any atom is 0.255 e. The Bertz CT molecular complexity index is 1830. The highest BCUT2D eigenvalue weighted by atomic mass is 16.2. The van der Waals surface area contributed by atoms with Crippen molar-refractivity contribution >= 4 is 34.7 Å². The zero-order valence-corrected chi connectivity index (χ0v) is 27.0. The molecule has 46 heavy (non-hydrogen) atoms. The first kappa shape index (κ1) is 31.0. The van der Waals surface area contributed by atoms with E-state index in [0.717, 1.165) is 50.3 Å². The lowest BCUT2D eigenvalue weighted by atomic mass is 9.87. The average molecular weight is 616 g/mol. The number of hydrogen-bond donors (Lipinski definition) is 2. The summed E-state index contributed by atoms with van der Waals surface area (Å²) in [6.45, 7) is 10.0. The summed E-state index contributed by atoms with van der Waals surface area (Å²) in [5, 5.41) is 6.43. The summed E-state index contributed by atoms with van der Waals surface area (Å²) in [5.74, 6) is 0.488. The van der Waals surface area contributed by atoms with Crippen molar-refractivity contribution in [3.05, 3.63) is 108 Å². The molecule has 0 unspecified atom stereocenters. The first-order chi connectivity index (χ1) is 22.1. The maximum absolute atomic E-state index is 13.2. The molecule has 0 bridgehead atoms. The molecule has 236 valence electrons. The van der Waals surface area contributed by atoms with Gasteiger partial charge in [-0.3, -0.25) is 9.59 Å². The minimum absolute atomic E-state index is 0.0206. The molecule has 0 saturated carbocycles. The van der Waals surface area contributed by atoms with Crippen LogP contribution in [-0.2, 0) is 5.41 Å². The van der Waals surface area contributed by atoms with Crippen molar-refractivity contribution in [2.24, 2.45) is 0 Å². The number of nitrogens with one attached hydrogen (secondary N) is 2. The largest absolute Gasteiger partial charge is 0.339 e. The van der Waals surface area contributed by atoms with Crippen LogP contribution < -0.4 is 10.6 Å². The standard InChI is InChI=1S/C37H41N7O2/c1-37(2,3)29-14-10-26(11-15-29)35(45)40-31-9-5-8-28(24-31)32-25-44-23-18-38-34(44)33(41-32)39-30-16-12-27(13-17-30)36(46)43-21-6-19-42(4)20-7-22-43/h5,8-18,23-25H,6-7,19-22H2,1-4H3,(H,39,41)(H,40,45). The molecule has 1 aliphatic rings. The van der Waals surface area contributed by atoms with Gasteiger partial charge in [-0.15, -0.1) is 0 Å². The molecule has 1 aliphatic heterocycles. The number of imidazole rings is 1. The van der Waals surface area contributed by atoms with E-state index in [4.69, 9.17) is 4.98 Å². The molecule has 0 radical (unpaired) electrons. The third-order valence-electron chi connectivity index (χ3n) is 8.42. The minimum Gasteiger partial charge on any atom is -0.339 e. The Hall–Kier alpha value is -5.02. The molecule has 2 N–H and O–H groups in total. The van der Waals surface area contributed by atoms with Crippen LogP contribution in [0.4, 0.5) is 17.2 Å². The summed E-state index contributed by atoms with van der Waals surface area (Å²) in [4.78, 5) is 40.0. The molecular weight excluding hydrogens is 574 g/mol. The van der Waals surface area contributed by atoms with Crippen LogP contribution >= 0.6 is 0 Å².